The van der Waals surface area contributed by atoms with Gasteiger partial charge in [-0.15, -0.1) is 0 Å². The van der Waals surface area contributed by atoms with E-state index in [0.717, 1.165) is 62.2 Å². The number of aryl methyl sites for hydroxylation is 1. The van der Waals surface area contributed by atoms with Crippen LogP contribution in [0.3, 0.4) is 0 Å². The molecule has 0 spiro atoms. The van der Waals surface area contributed by atoms with Gasteiger partial charge in [0, 0.05) is 18.4 Å². The Labute approximate surface area is 367 Å². The molecule has 1 aromatic heterocycles. The van der Waals surface area contributed by atoms with Gasteiger partial charge in [-0.1, -0.05) is 48.1 Å². The van der Waals surface area contributed by atoms with Crippen molar-refractivity contribution in [2.75, 3.05) is 37.4 Å². The number of amides is 4. The number of rotatable bonds is 14. The predicted molar refractivity (Wildman–Crippen MR) is 237 cm³/mol. The minimum absolute atomic E-state index is 0.0686. The Morgan fingerprint density at radius 1 is 0.952 bits per heavy atom. The Kier molecular flexibility index (Phi) is 13.6. The first-order valence-corrected chi connectivity index (χ1v) is 22.8. The molecule has 62 heavy (non-hydrogen) atoms. The van der Waals surface area contributed by atoms with E-state index >= 15 is 0 Å². The molecule has 14 nitrogen and oxygen atoms in total. The molecule has 2 fully saturated rings. The molecule has 1 unspecified atom stereocenters. The second kappa shape index (κ2) is 19.1. The molecule has 3 aliphatic heterocycles. The van der Waals surface area contributed by atoms with Gasteiger partial charge in [-0.25, -0.2) is 13.4 Å². The molecule has 2 saturated heterocycles. The predicted octanol–water partition coefficient (Wildman–Crippen LogP) is 7.31. The molecule has 3 aliphatic rings. The van der Waals surface area contributed by atoms with Gasteiger partial charge in [-0.05, 0) is 126 Å². The largest absolute Gasteiger partial charge is 0.495 e. The van der Waals surface area contributed by atoms with Gasteiger partial charge >= 0.3 is 0 Å². The lowest BCUT2D eigenvalue weighted by Crippen LogP contribution is -2.54. The van der Waals surface area contributed by atoms with Gasteiger partial charge in [0.25, 0.3) is 11.8 Å². The molecular weight excluding hydrogens is 830 g/mol. The Hall–Kier alpha value is -5.82. The molecule has 4 amide bonds. The Balaban J connectivity index is 0.890. The van der Waals surface area contributed by atoms with Crippen LogP contribution in [-0.2, 0) is 19.4 Å². The van der Waals surface area contributed by atoms with Gasteiger partial charge in [0.15, 0.2) is 15.7 Å². The second-order valence-electron chi connectivity index (χ2n) is 16.0. The fourth-order valence-electron chi connectivity index (χ4n) is 8.22. The highest BCUT2D eigenvalue weighted by molar-refractivity contribution is 7.92. The number of methoxy groups -OCH3 is 1. The minimum Gasteiger partial charge on any atom is -0.495 e. The standard InChI is InChI=1S/C46H50ClN7O7S/c1-28(2)62(59,60)39-17-10-9-16-35(39)49-42-34(47)27-48-46(52-42)50-36-25-29(3)33(26-38(36)61-4)30-20-23-53(24-21-30)22-11-7-5-6-8-13-31-14-12-15-32-41(31)45(58)54(44(32)57)37-18-19-40(55)51-43(37)56/h9-10,12,14-17,25-28,30,37H,5-7,11,18-24H2,1-4H3,(H,51,55,56)(H2,48,49,50,52). The van der Waals surface area contributed by atoms with E-state index in [1.54, 1.807) is 63.4 Å². The summed E-state index contributed by atoms with van der Waals surface area (Å²) in [5, 5.41) is 8.21. The number of anilines is 4. The van der Waals surface area contributed by atoms with Crippen molar-refractivity contribution in [2.45, 2.75) is 94.2 Å². The first-order chi connectivity index (χ1) is 29.8. The molecule has 0 radical (unpaired) electrons. The summed E-state index contributed by atoms with van der Waals surface area (Å²) in [5.41, 5.74) is 4.35. The molecule has 324 valence electrons. The van der Waals surface area contributed by atoms with E-state index in [9.17, 15) is 27.6 Å². The topological polar surface area (TPSA) is 180 Å². The number of unbranched alkanes of at least 4 members (excludes halogenated alkanes) is 3. The number of aromatic nitrogens is 2. The normalized spacial score (nSPS) is 17.1. The average Bonchev–Trinajstić information content (AvgIpc) is 3.51. The van der Waals surface area contributed by atoms with E-state index in [1.807, 2.05) is 6.07 Å². The van der Waals surface area contributed by atoms with Crippen LogP contribution < -0.4 is 20.7 Å². The van der Waals surface area contributed by atoms with Crippen molar-refractivity contribution in [1.82, 2.24) is 25.1 Å². The van der Waals surface area contributed by atoms with Crippen LogP contribution in [0.4, 0.5) is 23.1 Å². The molecule has 16 heteroatoms. The van der Waals surface area contributed by atoms with Crippen molar-refractivity contribution in [3.63, 3.8) is 0 Å². The van der Waals surface area contributed by atoms with E-state index in [4.69, 9.17) is 16.3 Å². The number of halogens is 1. The zero-order valence-electron chi connectivity index (χ0n) is 35.2. The lowest BCUT2D eigenvalue weighted by Gasteiger charge is -2.33. The Morgan fingerprint density at radius 3 is 2.47 bits per heavy atom. The molecule has 1 atom stereocenters. The summed E-state index contributed by atoms with van der Waals surface area (Å²) < 4.78 is 31.9. The van der Waals surface area contributed by atoms with Crippen molar-refractivity contribution in [3.05, 3.63) is 93.6 Å². The number of piperidine rings is 2. The molecule has 0 aliphatic carbocycles. The third-order valence-corrected chi connectivity index (χ3v) is 14.1. The summed E-state index contributed by atoms with van der Waals surface area (Å²) in [5.74, 6) is 5.70. The number of sulfone groups is 1. The maximum Gasteiger partial charge on any atom is 0.263 e. The van der Waals surface area contributed by atoms with Gasteiger partial charge in [-0.3, -0.25) is 29.4 Å². The number of ether oxygens (including phenoxy) is 1. The van der Waals surface area contributed by atoms with Crippen LogP contribution in [0, 0.1) is 18.8 Å². The SMILES string of the molecule is COc1cc(C2CCN(CCCCCC#Cc3cccc4c3C(=O)N(C3CCC(=O)NC3=O)C4=O)CC2)c(C)cc1Nc1ncc(Cl)c(Nc2ccccc2S(=O)(=O)C(C)C)n1. The number of nitrogens with one attached hydrogen (secondary N) is 3. The average molecular weight is 880 g/mol. The maximum atomic E-state index is 13.3. The molecule has 4 aromatic rings. The van der Waals surface area contributed by atoms with Gasteiger partial charge in [-0.2, -0.15) is 4.98 Å². The summed E-state index contributed by atoms with van der Waals surface area (Å²) in [6, 6.07) is 14.8. The zero-order valence-corrected chi connectivity index (χ0v) is 36.8. The molecule has 4 heterocycles. The fraction of sp³-hybridized carbons (Fsp3) is 0.391. The van der Waals surface area contributed by atoms with Crippen LogP contribution in [0.25, 0.3) is 0 Å². The van der Waals surface area contributed by atoms with E-state index < -0.39 is 44.8 Å². The zero-order chi connectivity index (χ0) is 44.1. The fourth-order valence-corrected chi connectivity index (χ4v) is 9.56. The maximum absolute atomic E-state index is 13.3. The molecule has 3 aromatic carbocycles. The summed E-state index contributed by atoms with van der Waals surface area (Å²) in [4.78, 5) is 63.1. The van der Waals surface area contributed by atoms with Crippen molar-refractivity contribution < 1.29 is 32.3 Å². The number of carbonyl (C=O) groups is 4. The third kappa shape index (κ3) is 9.47. The number of hydrogen-bond acceptors (Lipinski definition) is 12. The van der Waals surface area contributed by atoms with Crippen LogP contribution in [0.5, 0.6) is 5.75 Å². The van der Waals surface area contributed by atoms with E-state index in [2.05, 4.69) is 55.6 Å². The second-order valence-corrected chi connectivity index (χ2v) is 18.9. The van der Waals surface area contributed by atoms with Gasteiger partial charge in [0.1, 0.15) is 16.8 Å². The van der Waals surface area contributed by atoms with Crippen LogP contribution in [0.1, 0.15) is 109 Å². The van der Waals surface area contributed by atoms with Crippen molar-refractivity contribution in [3.8, 4) is 17.6 Å². The summed E-state index contributed by atoms with van der Waals surface area (Å²) >= 11 is 6.47. The molecule has 7 rings (SSSR count). The van der Waals surface area contributed by atoms with E-state index in [1.165, 1.54) is 11.8 Å². The number of benzene rings is 3. The number of hydrogen-bond donors (Lipinski definition) is 3. The van der Waals surface area contributed by atoms with Crippen LogP contribution in [0.15, 0.2) is 65.7 Å². The number of imide groups is 2. The van der Waals surface area contributed by atoms with Crippen LogP contribution >= 0.6 is 11.6 Å². The molecule has 0 bridgehead atoms. The molecule has 0 saturated carbocycles. The Bertz CT molecular complexity index is 2580. The van der Waals surface area contributed by atoms with Gasteiger partial charge in [0.05, 0.1) is 46.0 Å². The quantitative estimate of drug-likeness (QED) is 0.0654. The highest BCUT2D eigenvalue weighted by Gasteiger charge is 2.45. The molecular formula is C46H50ClN7O7S. The van der Waals surface area contributed by atoms with Gasteiger partial charge < -0.3 is 20.3 Å². The van der Waals surface area contributed by atoms with Crippen molar-refractivity contribution >= 4 is 68.2 Å². The number of carbonyl (C=O) groups excluding carboxylic acids is 4. The highest BCUT2D eigenvalue weighted by atomic mass is 35.5. The third-order valence-electron chi connectivity index (χ3n) is 11.6. The lowest BCUT2D eigenvalue weighted by atomic mass is 9.86. The summed E-state index contributed by atoms with van der Waals surface area (Å²) in [6.45, 7) is 8.35. The minimum atomic E-state index is -3.57. The van der Waals surface area contributed by atoms with Crippen molar-refractivity contribution in [2.24, 2.45) is 0 Å². The van der Waals surface area contributed by atoms with Gasteiger partial charge in [0.2, 0.25) is 17.8 Å². The van der Waals surface area contributed by atoms with Crippen LogP contribution in [-0.4, -0.2) is 89.9 Å². The molecule has 3 N–H and O–H groups in total. The van der Waals surface area contributed by atoms with Crippen LogP contribution in [0.2, 0.25) is 5.02 Å². The van der Waals surface area contributed by atoms with E-state index in [0.29, 0.717) is 35.0 Å². The van der Waals surface area contributed by atoms with Crippen molar-refractivity contribution in [1.29, 1.82) is 0 Å². The monoisotopic (exact) mass is 879 g/mol. The smallest absolute Gasteiger partial charge is 0.263 e. The Morgan fingerprint density at radius 2 is 1.73 bits per heavy atom. The highest BCUT2D eigenvalue weighted by Crippen LogP contribution is 2.38. The lowest BCUT2D eigenvalue weighted by molar-refractivity contribution is -0.136. The number of fused-ring (bicyclic) bond motifs is 1. The number of nitrogens with zero attached hydrogens (tertiary/aromatic N) is 4. The summed E-state index contributed by atoms with van der Waals surface area (Å²) in [7, 11) is -1.94. The first kappa shape index (κ1) is 44.2. The first-order valence-electron chi connectivity index (χ1n) is 20.9. The number of likely N-dealkylation sites (tertiary alicyclic amines) is 1. The summed E-state index contributed by atoms with van der Waals surface area (Å²) in [6.07, 6.45) is 7.29. The van der Waals surface area contributed by atoms with E-state index in [-0.39, 0.29) is 45.7 Å². The number of para-hydroxylation sites is 1.